The van der Waals surface area contributed by atoms with E-state index in [4.69, 9.17) is 32.5 Å². The quantitative estimate of drug-likeness (QED) is 0.0461. The van der Waals surface area contributed by atoms with Gasteiger partial charge in [0.15, 0.2) is 0 Å². The number of hydrogen-bond donors (Lipinski definition) is 11. The Balaban J connectivity index is 5.78. The molecule has 0 saturated heterocycles. The first-order chi connectivity index (χ1) is 21.4. The third kappa shape index (κ3) is 16.9. The number of aliphatic carboxylic acids is 3. The number of rotatable bonds is 23. The molecule has 0 rings (SSSR count). The summed E-state index contributed by atoms with van der Waals surface area (Å²) in [5, 5.41) is 38.5. The lowest BCUT2D eigenvalue weighted by Crippen LogP contribution is -2.58. The summed E-state index contributed by atoms with van der Waals surface area (Å²) in [6, 6.07) is -8.49. The molecule has 20 nitrogen and oxygen atoms in total. The molecule has 46 heavy (non-hydrogen) atoms. The Morgan fingerprint density at radius 3 is 1.52 bits per heavy atom. The molecule has 0 aliphatic carbocycles. The summed E-state index contributed by atoms with van der Waals surface area (Å²) in [7, 11) is 0. The molecule has 0 spiro atoms. The molecule has 0 bridgehead atoms. The Kier molecular flexibility index (Phi) is 18.8. The summed E-state index contributed by atoms with van der Waals surface area (Å²) in [4.78, 5) is 109. The van der Waals surface area contributed by atoms with Crippen LogP contribution in [0.5, 0.6) is 0 Å². The molecule has 0 saturated carbocycles. The van der Waals surface area contributed by atoms with Crippen LogP contribution in [0.2, 0.25) is 0 Å². The molecular formula is C26H44N8O12. The Morgan fingerprint density at radius 1 is 0.587 bits per heavy atom. The Hall–Kier alpha value is -4.85. The molecule has 0 heterocycles. The van der Waals surface area contributed by atoms with Gasteiger partial charge in [0, 0.05) is 12.8 Å². The van der Waals surface area contributed by atoms with Crippen LogP contribution < -0.4 is 43.8 Å². The zero-order chi connectivity index (χ0) is 35.6. The molecule has 0 aromatic carbocycles. The van der Waals surface area contributed by atoms with Crippen molar-refractivity contribution in [2.45, 2.75) is 101 Å². The summed E-state index contributed by atoms with van der Waals surface area (Å²) >= 11 is 0. The lowest BCUT2D eigenvalue weighted by molar-refractivity contribution is -0.142. The number of hydrogen-bond acceptors (Lipinski definition) is 11. The number of primary amides is 1. The third-order valence-electron chi connectivity index (χ3n) is 6.38. The lowest BCUT2D eigenvalue weighted by atomic mass is 10.1. The average molecular weight is 661 g/mol. The maximum Gasteiger partial charge on any atom is 0.325 e. The van der Waals surface area contributed by atoms with E-state index in [2.05, 4.69) is 26.6 Å². The first-order valence-electron chi connectivity index (χ1n) is 14.3. The van der Waals surface area contributed by atoms with Gasteiger partial charge >= 0.3 is 17.9 Å². The first-order valence-corrected chi connectivity index (χ1v) is 14.3. The highest BCUT2D eigenvalue weighted by Crippen LogP contribution is 2.06. The van der Waals surface area contributed by atoms with Crippen molar-refractivity contribution in [2.75, 3.05) is 6.54 Å². The summed E-state index contributed by atoms with van der Waals surface area (Å²) < 4.78 is 0. The molecule has 14 N–H and O–H groups in total. The second kappa shape index (κ2) is 21.0. The molecule has 6 unspecified atom stereocenters. The van der Waals surface area contributed by atoms with Crippen molar-refractivity contribution in [2.24, 2.45) is 17.2 Å². The fraction of sp³-hybridized carbons (Fsp3) is 0.654. The molecule has 20 heteroatoms. The minimum absolute atomic E-state index is 0.0434. The summed E-state index contributed by atoms with van der Waals surface area (Å²) in [5.41, 5.74) is 16.1. The minimum Gasteiger partial charge on any atom is -0.481 e. The molecule has 0 aliphatic rings. The van der Waals surface area contributed by atoms with Gasteiger partial charge in [0.05, 0.1) is 12.5 Å². The summed E-state index contributed by atoms with van der Waals surface area (Å²) in [5.74, 6) is -9.66. The number of carboxylic acid groups (broad SMARTS) is 3. The molecule has 6 atom stereocenters. The van der Waals surface area contributed by atoms with E-state index in [0.29, 0.717) is 12.8 Å². The van der Waals surface area contributed by atoms with Crippen molar-refractivity contribution in [1.82, 2.24) is 26.6 Å². The molecule has 0 aromatic heterocycles. The molecular weight excluding hydrogens is 616 g/mol. The number of carbonyl (C=O) groups is 9. The van der Waals surface area contributed by atoms with E-state index in [1.54, 1.807) is 0 Å². The fourth-order valence-electron chi connectivity index (χ4n) is 3.74. The van der Waals surface area contributed by atoms with Crippen LogP contribution in [0.1, 0.15) is 65.2 Å². The maximum absolute atomic E-state index is 13.2. The number of nitrogens with one attached hydrogen (secondary N) is 5. The predicted octanol–water partition coefficient (Wildman–Crippen LogP) is -4.40. The Bertz CT molecular complexity index is 1130. The second-order valence-electron chi connectivity index (χ2n) is 10.4. The van der Waals surface area contributed by atoms with Gasteiger partial charge in [-0.25, -0.2) is 0 Å². The van der Waals surface area contributed by atoms with Gasteiger partial charge in [-0.1, -0.05) is 0 Å². The van der Waals surface area contributed by atoms with Crippen molar-refractivity contribution >= 4 is 53.4 Å². The van der Waals surface area contributed by atoms with Gasteiger partial charge in [0.2, 0.25) is 35.4 Å². The number of carboxylic acids is 3. The van der Waals surface area contributed by atoms with Gasteiger partial charge in [-0.15, -0.1) is 0 Å². The van der Waals surface area contributed by atoms with Crippen LogP contribution in [-0.2, 0) is 43.2 Å². The minimum atomic E-state index is -1.54. The van der Waals surface area contributed by atoms with E-state index < -0.39 is 109 Å². The van der Waals surface area contributed by atoms with E-state index in [-0.39, 0.29) is 25.8 Å². The van der Waals surface area contributed by atoms with E-state index in [1.165, 1.54) is 13.8 Å². The van der Waals surface area contributed by atoms with Crippen molar-refractivity contribution < 1.29 is 58.5 Å². The van der Waals surface area contributed by atoms with E-state index in [9.17, 15) is 43.2 Å². The predicted molar refractivity (Wildman–Crippen MR) is 157 cm³/mol. The highest BCUT2D eigenvalue weighted by molar-refractivity contribution is 5.96. The van der Waals surface area contributed by atoms with Gasteiger partial charge in [0.25, 0.3) is 0 Å². The van der Waals surface area contributed by atoms with Crippen molar-refractivity contribution in [3.05, 3.63) is 0 Å². The zero-order valence-electron chi connectivity index (χ0n) is 25.6. The topological polar surface area (TPSA) is 353 Å². The molecule has 0 aromatic rings. The van der Waals surface area contributed by atoms with E-state index in [0.717, 1.165) is 0 Å². The first kappa shape index (κ1) is 41.1. The van der Waals surface area contributed by atoms with Gasteiger partial charge in [-0.05, 0) is 52.5 Å². The highest BCUT2D eigenvalue weighted by Gasteiger charge is 2.31. The molecule has 260 valence electrons. The van der Waals surface area contributed by atoms with Gasteiger partial charge in [0.1, 0.15) is 30.2 Å². The highest BCUT2D eigenvalue weighted by atomic mass is 16.4. The number of carbonyl (C=O) groups excluding carboxylic acids is 6. The monoisotopic (exact) mass is 660 g/mol. The third-order valence-corrected chi connectivity index (χ3v) is 6.38. The van der Waals surface area contributed by atoms with Crippen molar-refractivity contribution in [3.8, 4) is 0 Å². The number of amides is 6. The van der Waals surface area contributed by atoms with Crippen molar-refractivity contribution in [3.63, 3.8) is 0 Å². The fourth-order valence-corrected chi connectivity index (χ4v) is 3.74. The normalized spacial score (nSPS) is 14.6. The van der Waals surface area contributed by atoms with Crippen LogP contribution in [-0.4, -0.2) is 111 Å². The van der Waals surface area contributed by atoms with Crippen LogP contribution in [0.15, 0.2) is 0 Å². The van der Waals surface area contributed by atoms with Crippen molar-refractivity contribution in [1.29, 1.82) is 0 Å². The molecule has 0 radical (unpaired) electrons. The average Bonchev–Trinajstić information content (AvgIpc) is 2.95. The van der Waals surface area contributed by atoms with E-state index in [1.807, 2.05) is 0 Å². The standard InChI is InChI=1S/C26H44N8O12/c1-12(30-24(43)16(6-8-18(29)35)33-22(41)14(28)11-20(38)39)21(40)32-17(7-9-19(36)37)25(44)34-15(5-3-4-10-27)23(42)31-13(2)26(45)46/h12-17H,3-11,27-28H2,1-2H3,(H2,29,35)(H,30,43)(H,31,42)(H,32,40)(H,33,41)(H,34,44)(H,36,37)(H,38,39)(H,45,46). The molecule has 0 fully saturated rings. The Morgan fingerprint density at radius 2 is 1.04 bits per heavy atom. The van der Waals surface area contributed by atoms with Gasteiger partial charge in [-0.3, -0.25) is 43.2 Å². The molecule has 0 aliphatic heterocycles. The van der Waals surface area contributed by atoms with Crippen LogP contribution in [0.3, 0.4) is 0 Å². The largest absolute Gasteiger partial charge is 0.481 e. The van der Waals surface area contributed by atoms with Crippen LogP contribution in [0.4, 0.5) is 0 Å². The smallest absolute Gasteiger partial charge is 0.325 e. The SMILES string of the molecule is CC(NC(=O)C(CCCCN)NC(=O)C(CCC(=O)O)NC(=O)C(C)NC(=O)C(CCC(N)=O)NC(=O)C(N)CC(=O)O)C(=O)O. The number of unbranched alkanes of at least 4 members (excludes halogenated alkanes) is 1. The van der Waals surface area contributed by atoms with Crippen LogP contribution in [0.25, 0.3) is 0 Å². The second-order valence-corrected chi connectivity index (χ2v) is 10.4. The molecule has 6 amide bonds. The van der Waals surface area contributed by atoms with Gasteiger partial charge < -0.3 is 59.1 Å². The number of nitrogens with two attached hydrogens (primary N) is 3. The Labute approximate surface area is 263 Å². The summed E-state index contributed by atoms with van der Waals surface area (Å²) in [6.45, 7) is 2.68. The van der Waals surface area contributed by atoms with Crippen LogP contribution >= 0.6 is 0 Å². The lowest BCUT2D eigenvalue weighted by Gasteiger charge is -2.25. The van der Waals surface area contributed by atoms with Crippen LogP contribution in [0, 0.1) is 0 Å². The maximum atomic E-state index is 13.2. The summed E-state index contributed by atoms with van der Waals surface area (Å²) in [6.07, 6.45) is -1.62. The van der Waals surface area contributed by atoms with E-state index >= 15 is 0 Å². The zero-order valence-corrected chi connectivity index (χ0v) is 25.6. The van der Waals surface area contributed by atoms with Gasteiger partial charge in [-0.2, -0.15) is 0 Å².